The predicted octanol–water partition coefficient (Wildman–Crippen LogP) is 19.5. The van der Waals surface area contributed by atoms with Crippen LogP contribution in [0.3, 0.4) is 0 Å². The van der Waals surface area contributed by atoms with Crippen LogP contribution in [0.2, 0.25) is 0 Å². The molecule has 10 heteroatoms. The van der Waals surface area contributed by atoms with Crippen molar-refractivity contribution in [3.8, 4) is 47.9 Å². The average Bonchev–Trinajstić information content (AvgIpc) is 1.62. The maximum absolute atomic E-state index is 12.5. The minimum absolute atomic E-state index is 0.194. The van der Waals surface area contributed by atoms with Crippen LogP contribution in [-0.4, -0.2) is 65.0 Å². The quantitative estimate of drug-likeness (QED) is 0.0663. The Balaban J connectivity index is 0.000000137. The van der Waals surface area contributed by atoms with E-state index in [0.717, 1.165) is 100 Å². The van der Waals surface area contributed by atoms with Crippen molar-refractivity contribution >= 4 is 82.6 Å². The second-order valence-corrected chi connectivity index (χ2v) is 27.1. The van der Waals surface area contributed by atoms with Crippen LogP contribution in [0.25, 0.3) is 43.1 Å². The molecule has 0 saturated carbocycles. The fourth-order valence-electron chi connectivity index (χ4n) is 12.5. The number of amides is 4. The van der Waals surface area contributed by atoms with Gasteiger partial charge in [0.05, 0.1) is 22.3 Å². The van der Waals surface area contributed by atoms with Crippen molar-refractivity contribution in [3.05, 3.63) is 403 Å². The van der Waals surface area contributed by atoms with Crippen molar-refractivity contribution in [2.24, 2.45) is 5.73 Å². The first-order chi connectivity index (χ1) is 53.9. The van der Waals surface area contributed by atoms with Crippen molar-refractivity contribution in [2.75, 3.05) is 26.3 Å². The molecule has 0 spiro atoms. The van der Waals surface area contributed by atoms with E-state index in [2.05, 4.69) is 251 Å². The van der Waals surface area contributed by atoms with E-state index < -0.39 is 0 Å². The fourth-order valence-corrected chi connectivity index (χ4v) is 12.9. The van der Waals surface area contributed by atoms with E-state index in [1.54, 1.807) is 48.5 Å². The second-order valence-electron chi connectivity index (χ2n) is 26.2. The van der Waals surface area contributed by atoms with E-state index in [9.17, 15) is 19.2 Å². The third-order valence-corrected chi connectivity index (χ3v) is 18.7. The molecular formula is C100H82BrN3O6. The number of hydrogen-bond acceptors (Lipinski definition) is 7. The molecule has 0 unspecified atom stereocenters. The molecule has 9 nitrogen and oxygen atoms in total. The Kier molecular flexibility index (Phi) is 28.9. The lowest BCUT2D eigenvalue weighted by Crippen LogP contribution is -2.30. The van der Waals surface area contributed by atoms with Gasteiger partial charge >= 0.3 is 0 Å². The second kappa shape index (κ2) is 40.6. The van der Waals surface area contributed by atoms with E-state index in [1.807, 2.05) is 78.9 Å². The highest BCUT2D eigenvalue weighted by Gasteiger charge is 2.34. The topological polar surface area (TPSA) is 150 Å². The number of hydrogen-bond donors (Lipinski definition) is 4. The standard InChI is InChI=1S/C29H21NO2.C21H19N.C21H18O.C11H12O.C10H7Br.C8H5NO2/c31-28-26-12-3-4-13-27(26)29(32)30(28)18-6-9-21-7-5-8-22(19-21)14-15-23-16-17-24-10-1-2-11-25(24)20-23;2*22-14-4-7-17-5-3-6-18(15-17)10-11-19-12-13-20-8-1-2-9-21(20)16-19;1-2-10-5-3-6-11(9-10)7-4-8-12;11-10-6-5-8-3-1-2-4-9(8)7-10;10-7-5-3-1-2-4-6(5)8(11)9-7/h1-5,7-8,10-13,16-17,19-20H,6,9,18H2;1-3,5-6,8-9,12-13,15-16H,4,7,14,22H2;1-3,5-6,8-9,12-13,15-16,22H,4,7,14H2;1,3,5-6,9,12H,4,7-8H2;1-7H;1-4H,(H,9,10,11). The number of carbonyl (C=O) groups excluding carboxylic acids is 4. The zero-order valence-corrected chi connectivity index (χ0v) is 62.6. The van der Waals surface area contributed by atoms with Gasteiger partial charge in [0.25, 0.3) is 23.6 Å². The van der Waals surface area contributed by atoms with E-state index in [1.165, 1.54) is 64.7 Å². The summed E-state index contributed by atoms with van der Waals surface area (Å²) in [5.41, 5.74) is 19.4. The van der Waals surface area contributed by atoms with Crippen LogP contribution >= 0.6 is 15.9 Å². The number of fused-ring (bicyclic) bond motifs is 6. The molecule has 0 fully saturated rings. The molecule has 0 saturated heterocycles. The Labute approximate surface area is 652 Å². The van der Waals surface area contributed by atoms with Crippen molar-refractivity contribution in [1.82, 2.24) is 10.2 Å². The van der Waals surface area contributed by atoms with Gasteiger partial charge in [0.15, 0.2) is 0 Å². The molecule has 0 aromatic heterocycles. The number of benzene rings is 14. The minimum Gasteiger partial charge on any atom is -0.396 e. The largest absolute Gasteiger partial charge is 0.396 e. The number of terminal acetylenes is 1. The highest BCUT2D eigenvalue weighted by molar-refractivity contribution is 9.10. The van der Waals surface area contributed by atoms with Gasteiger partial charge in [-0.3, -0.25) is 29.4 Å². The molecule has 2 aliphatic rings. The van der Waals surface area contributed by atoms with Crippen LogP contribution in [0.5, 0.6) is 0 Å². The third-order valence-electron chi connectivity index (χ3n) is 18.2. The van der Waals surface area contributed by atoms with Crippen LogP contribution in [0.4, 0.5) is 0 Å². The minimum atomic E-state index is -0.300. The number of nitrogens with zero attached hydrogens (tertiary/aromatic N) is 1. The summed E-state index contributed by atoms with van der Waals surface area (Å²) in [6.07, 6.45) is 12.1. The Bertz CT molecular complexity index is 5630. The maximum Gasteiger partial charge on any atom is 0.261 e. The molecule has 16 rings (SSSR count). The number of aryl methyl sites for hydroxylation is 4. The summed E-state index contributed by atoms with van der Waals surface area (Å²) in [5, 5.41) is 29.6. The first-order valence-corrected chi connectivity index (χ1v) is 37.5. The molecule has 540 valence electrons. The molecule has 0 radical (unpaired) electrons. The lowest BCUT2D eigenvalue weighted by atomic mass is 10.0. The number of aliphatic hydroxyl groups excluding tert-OH is 2. The SMILES string of the molecule is Brc1ccc2ccccc2c1.C#Cc1cccc(CCCO)c1.NCCCc1cccc(C#Cc2ccc3ccccc3c2)c1.O=C1NC(=O)c2ccccc21.O=C1c2ccccc2C(=O)N1CCCc1cccc(C#Cc2ccc3ccccc3c2)c1.OCCCc1cccc(C#Cc2ccc3ccccc3c2)c1. The molecule has 0 aliphatic carbocycles. The van der Waals surface area contributed by atoms with Crippen LogP contribution in [0, 0.1) is 47.9 Å². The van der Waals surface area contributed by atoms with Gasteiger partial charge in [-0.1, -0.05) is 251 Å². The summed E-state index contributed by atoms with van der Waals surface area (Å²) in [6.45, 7) is 1.61. The average molecular weight is 1500 g/mol. The summed E-state index contributed by atoms with van der Waals surface area (Å²) in [6, 6.07) is 105. The van der Waals surface area contributed by atoms with Crippen LogP contribution < -0.4 is 11.1 Å². The van der Waals surface area contributed by atoms with E-state index in [0.29, 0.717) is 35.2 Å². The van der Waals surface area contributed by atoms with Crippen molar-refractivity contribution < 1.29 is 29.4 Å². The molecule has 14 aromatic rings. The van der Waals surface area contributed by atoms with Gasteiger partial charge in [0.1, 0.15) is 0 Å². The Morgan fingerprint density at radius 3 is 0.982 bits per heavy atom. The maximum atomic E-state index is 12.5. The number of aliphatic hydroxyl groups is 2. The lowest BCUT2D eigenvalue weighted by Gasteiger charge is -2.13. The van der Waals surface area contributed by atoms with Gasteiger partial charge in [-0.25, -0.2) is 0 Å². The molecule has 4 amide bonds. The zero-order valence-electron chi connectivity index (χ0n) is 61.0. The highest BCUT2D eigenvalue weighted by atomic mass is 79.9. The van der Waals surface area contributed by atoms with Gasteiger partial charge in [0.2, 0.25) is 0 Å². The lowest BCUT2D eigenvalue weighted by molar-refractivity contribution is 0.0651. The number of halogens is 1. The molecule has 0 atom stereocenters. The van der Waals surface area contributed by atoms with Crippen LogP contribution in [0.15, 0.2) is 320 Å². The molecule has 14 aromatic carbocycles. The molecule has 110 heavy (non-hydrogen) atoms. The number of carbonyl (C=O) groups is 4. The Morgan fingerprint density at radius 2 is 0.618 bits per heavy atom. The Hall–Kier alpha value is -13.0. The van der Waals surface area contributed by atoms with Crippen molar-refractivity contribution in [3.63, 3.8) is 0 Å². The zero-order chi connectivity index (χ0) is 76.7. The third kappa shape index (κ3) is 22.8. The van der Waals surface area contributed by atoms with Crippen LogP contribution in [-0.2, 0) is 25.7 Å². The Morgan fingerprint density at radius 1 is 0.318 bits per heavy atom. The van der Waals surface area contributed by atoms with Gasteiger partial charge in [0, 0.05) is 63.2 Å². The van der Waals surface area contributed by atoms with Gasteiger partial charge in [-0.05, 0) is 245 Å². The normalized spacial score (nSPS) is 11.2. The summed E-state index contributed by atoms with van der Waals surface area (Å²) in [7, 11) is 0. The molecule has 2 aliphatic heterocycles. The van der Waals surface area contributed by atoms with E-state index >= 15 is 0 Å². The summed E-state index contributed by atoms with van der Waals surface area (Å²) >= 11 is 3.43. The number of imide groups is 2. The first kappa shape index (κ1) is 78.1. The van der Waals surface area contributed by atoms with Gasteiger partial charge in [-0.2, -0.15) is 0 Å². The number of nitrogens with two attached hydrogens (primary N) is 1. The summed E-state index contributed by atoms with van der Waals surface area (Å²) < 4.78 is 1.14. The molecule has 2 heterocycles. The highest BCUT2D eigenvalue weighted by Crippen LogP contribution is 2.25. The monoisotopic (exact) mass is 1500 g/mol. The summed E-state index contributed by atoms with van der Waals surface area (Å²) in [4.78, 5) is 48.2. The molecular weight excluding hydrogens is 1420 g/mol. The van der Waals surface area contributed by atoms with E-state index in [4.69, 9.17) is 22.4 Å². The van der Waals surface area contributed by atoms with Crippen LogP contribution in [0.1, 0.15) is 128 Å². The molecule has 0 bridgehead atoms. The van der Waals surface area contributed by atoms with Crippen molar-refractivity contribution in [2.45, 2.75) is 51.4 Å². The van der Waals surface area contributed by atoms with E-state index in [-0.39, 0.29) is 36.8 Å². The number of nitrogens with one attached hydrogen (secondary N) is 1. The first-order valence-electron chi connectivity index (χ1n) is 36.7. The fraction of sp³-hybridized carbons (Fsp3) is 0.120. The smallest absolute Gasteiger partial charge is 0.261 e. The number of rotatable bonds is 13. The van der Waals surface area contributed by atoms with Crippen molar-refractivity contribution in [1.29, 1.82) is 0 Å². The summed E-state index contributed by atoms with van der Waals surface area (Å²) in [5.74, 6) is 21.1. The predicted molar refractivity (Wildman–Crippen MR) is 452 cm³/mol. The molecule has 5 N–H and O–H groups in total. The van der Waals surface area contributed by atoms with Gasteiger partial charge in [-0.15, -0.1) is 6.42 Å². The van der Waals surface area contributed by atoms with Gasteiger partial charge < -0.3 is 15.9 Å².